The lowest BCUT2D eigenvalue weighted by atomic mass is 10.0. The van der Waals surface area contributed by atoms with Gasteiger partial charge in [0.05, 0.1) is 18.2 Å². The minimum atomic E-state index is -0.650. The van der Waals surface area contributed by atoms with Gasteiger partial charge in [0, 0.05) is 0 Å². The van der Waals surface area contributed by atoms with E-state index in [-0.39, 0.29) is 12.5 Å². The standard InChI is InChI=1S/C19H17N3O2/c1-2-13-6-8-16(9-7-13)17-18(23)22(19(24)21-17)12-15-5-3-4-14(10-15)11-20/h3-10,17H,2,12H2,1H3,(H,21,24). The molecule has 1 fully saturated rings. The smallest absolute Gasteiger partial charge is 0.322 e. The van der Waals surface area contributed by atoms with Crippen LogP contribution in [0.2, 0.25) is 0 Å². The highest BCUT2D eigenvalue weighted by Crippen LogP contribution is 2.24. The summed E-state index contributed by atoms with van der Waals surface area (Å²) in [6.45, 7) is 2.22. The molecule has 1 aliphatic heterocycles. The monoisotopic (exact) mass is 319 g/mol. The van der Waals surface area contributed by atoms with Crippen LogP contribution in [0.4, 0.5) is 4.79 Å². The Morgan fingerprint density at radius 2 is 1.88 bits per heavy atom. The van der Waals surface area contributed by atoms with Crippen LogP contribution in [-0.2, 0) is 17.8 Å². The van der Waals surface area contributed by atoms with Crippen LogP contribution < -0.4 is 5.32 Å². The summed E-state index contributed by atoms with van der Waals surface area (Å²) in [7, 11) is 0. The van der Waals surface area contributed by atoms with E-state index in [0.717, 1.165) is 17.5 Å². The lowest BCUT2D eigenvalue weighted by Crippen LogP contribution is -2.30. The molecule has 3 rings (SSSR count). The summed E-state index contributed by atoms with van der Waals surface area (Å²) >= 11 is 0. The number of urea groups is 1. The maximum Gasteiger partial charge on any atom is 0.325 e. The third-order valence-corrected chi connectivity index (χ3v) is 4.14. The Morgan fingerprint density at radius 1 is 1.12 bits per heavy atom. The molecule has 0 bridgehead atoms. The third kappa shape index (κ3) is 2.99. The molecule has 3 amide bonds. The third-order valence-electron chi connectivity index (χ3n) is 4.14. The molecule has 0 spiro atoms. The van der Waals surface area contributed by atoms with Crippen LogP contribution in [0.5, 0.6) is 0 Å². The van der Waals surface area contributed by atoms with Crippen LogP contribution in [0.15, 0.2) is 48.5 Å². The van der Waals surface area contributed by atoms with Gasteiger partial charge in [-0.25, -0.2) is 4.79 Å². The number of aryl methyl sites for hydroxylation is 1. The Labute approximate surface area is 140 Å². The molecule has 0 saturated carbocycles. The summed E-state index contributed by atoms with van der Waals surface area (Å²) in [5, 5.41) is 11.7. The first-order chi connectivity index (χ1) is 11.6. The zero-order valence-corrected chi connectivity index (χ0v) is 13.3. The fourth-order valence-electron chi connectivity index (χ4n) is 2.76. The van der Waals surface area contributed by atoms with Gasteiger partial charge in [0.2, 0.25) is 0 Å². The van der Waals surface area contributed by atoms with Crippen molar-refractivity contribution < 1.29 is 9.59 Å². The van der Waals surface area contributed by atoms with Crippen LogP contribution in [0.25, 0.3) is 0 Å². The van der Waals surface area contributed by atoms with Crippen molar-refractivity contribution in [3.05, 3.63) is 70.8 Å². The summed E-state index contributed by atoms with van der Waals surface area (Å²) in [4.78, 5) is 26.0. The topological polar surface area (TPSA) is 73.2 Å². The Hall–Kier alpha value is -3.13. The molecule has 2 aromatic carbocycles. The number of nitriles is 1. The van der Waals surface area contributed by atoms with Gasteiger partial charge >= 0.3 is 6.03 Å². The van der Waals surface area contributed by atoms with Crippen LogP contribution >= 0.6 is 0 Å². The number of rotatable bonds is 4. The number of amides is 3. The number of hydrogen-bond donors (Lipinski definition) is 1. The quantitative estimate of drug-likeness (QED) is 0.881. The average molecular weight is 319 g/mol. The van der Waals surface area contributed by atoms with E-state index in [4.69, 9.17) is 5.26 Å². The number of hydrogen-bond acceptors (Lipinski definition) is 3. The van der Waals surface area contributed by atoms with Crippen molar-refractivity contribution in [3.8, 4) is 6.07 Å². The molecular formula is C19H17N3O2. The molecule has 1 heterocycles. The van der Waals surface area contributed by atoms with Gasteiger partial charge in [-0.15, -0.1) is 0 Å². The number of nitrogens with one attached hydrogen (secondary N) is 1. The number of carbonyl (C=O) groups excluding carboxylic acids is 2. The summed E-state index contributed by atoms with van der Waals surface area (Å²) < 4.78 is 0. The molecule has 0 aliphatic carbocycles. The fourth-order valence-corrected chi connectivity index (χ4v) is 2.76. The normalized spacial score (nSPS) is 16.8. The first-order valence-electron chi connectivity index (χ1n) is 7.82. The summed E-state index contributed by atoms with van der Waals surface area (Å²) in [6.07, 6.45) is 0.923. The van der Waals surface area contributed by atoms with Crippen molar-refractivity contribution in [2.45, 2.75) is 25.9 Å². The van der Waals surface area contributed by atoms with Gasteiger partial charge in [0.25, 0.3) is 5.91 Å². The van der Waals surface area contributed by atoms with Crippen LogP contribution in [0.1, 0.15) is 35.2 Å². The van der Waals surface area contributed by atoms with E-state index < -0.39 is 12.1 Å². The maximum absolute atomic E-state index is 12.6. The molecular weight excluding hydrogens is 302 g/mol. The van der Waals surface area contributed by atoms with E-state index in [1.165, 1.54) is 10.5 Å². The van der Waals surface area contributed by atoms with Crippen molar-refractivity contribution in [2.24, 2.45) is 0 Å². The molecule has 24 heavy (non-hydrogen) atoms. The minimum Gasteiger partial charge on any atom is -0.322 e. The highest BCUT2D eigenvalue weighted by molar-refractivity contribution is 6.04. The van der Waals surface area contributed by atoms with Crippen molar-refractivity contribution >= 4 is 11.9 Å². The second-order valence-corrected chi connectivity index (χ2v) is 5.71. The number of carbonyl (C=O) groups is 2. The zero-order chi connectivity index (χ0) is 17.1. The summed E-state index contributed by atoms with van der Waals surface area (Å²) in [6, 6.07) is 15.6. The molecule has 1 saturated heterocycles. The van der Waals surface area contributed by atoms with Crippen LogP contribution in [0, 0.1) is 11.3 Å². The van der Waals surface area contributed by atoms with Crippen molar-refractivity contribution in [3.63, 3.8) is 0 Å². The largest absolute Gasteiger partial charge is 0.325 e. The van der Waals surface area contributed by atoms with Crippen LogP contribution in [0.3, 0.4) is 0 Å². The summed E-state index contributed by atoms with van der Waals surface area (Å²) in [5.74, 6) is -0.272. The molecule has 5 nitrogen and oxygen atoms in total. The molecule has 1 atom stereocenters. The highest BCUT2D eigenvalue weighted by Gasteiger charge is 2.38. The van der Waals surface area contributed by atoms with Gasteiger partial charge in [-0.2, -0.15) is 5.26 Å². The molecule has 5 heteroatoms. The zero-order valence-electron chi connectivity index (χ0n) is 13.3. The molecule has 0 aromatic heterocycles. The fraction of sp³-hybridized carbons (Fsp3) is 0.211. The van der Waals surface area contributed by atoms with Gasteiger partial charge in [-0.1, -0.05) is 43.3 Å². The maximum atomic E-state index is 12.6. The summed E-state index contributed by atoms with van der Waals surface area (Å²) in [5.41, 5.74) is 3.21. The van der Waals surface area contributed by atoms with Gasteiger partial charge in [0.1, 0.15) is 6.04 Å². The minimum absolute atomic E-state index is 0.156. The Kier molecular flexibility index (Phi) is 4.30. The molecule has 2 aromatic rings. The molecule has 0 radical (unpaired) electrons. The van der Waals surface area contributed by atoms with Gasteiger partial charge < -0.3 is 5.32 Å². The molecule has 120 valence electrons. The van der Waals surface area contributed by atoms with E-state index >= 15 is 0 Å². The number of nitrogens with zero attached hydrogens (tertiary/aromatic N) is 2. The Bertz CT molecular complexity index is 821. The van der Waals surface area contributed by atoms with E-state index in [2.05, 4.69) is 18.3 Å². The van der Waals surface area contributed by atoms with Crippen molar-refractivity contribution in [1.29, 1.82) is 5.26 Å². The Balaban J connectivity index is 1.79. The van der Waals surface area contributed by atoms with Gasteiger partial charge in [-0.05, 0) is 35.2 Å². The van der Waals surface area contributed by atoms with E-state index in [9.17, 15) is 9.59 Å². The lowest BCUT2D eigenvalue weighted by Gasteiger charge is -2.13. The van der Waals surface area contributed by atoms with E-state index in [1.807, 2.05) is 24.3 Å². The van der Waals surface area contributed by atoms with Crippen molar-refractivity contribution in [2.75, 3.05) is 0 Å². The van der Waals surface area contributed by atoms with Gasteiger partial charge in [0.15, 0.2) is 0 Å². The van der Waals surface area contributed by atoms with Gasteiger partial charge in [-0.3, -0.25) is 9.69 Å². The van der Waals surface area contributed by atoms with Crippen molar-refractivity contribution in [1.82, 2.24) is 10.2 Å². The first-order valence-corrected chi connectivity index (χ1v) is 7.82. The predicted molar refractivity (Wildman–Crippen MR) is 88.8 cm³/mol. The molecule has 1 N–H and O–H groups in total. The average Bonchev–Trinajstić information content (AvgIpc) is 2.90. The van der Waals surface area contributed by atoms with E-state index in [1.54, 1.807) is 24.3 Å². The highest BCUT2D eigenvalue weighted by atomic mass is 16.2. The molecule has 1 aliphatic rings. The number of imide groups is 1. The van der Waals surface area contributed by atoms with E-state index in [0.29, 0.717) is 5.56 Å². The predicted octanol–water partition coefficient (Wildman–Crippen LogP) is 2.91. The number of benzene rings is 2. The van der Waals surface area contributed by atoms with Crippen LogP contribution in [-0.4, -0.2) is 16.8 Å². The second-order valence-electron chi connectivity index (χ2n) is 5.71. The second kappa shape index (κ2) is 6.55. The molecule has 1 unspecified atom stereocenters. The first kappa shape index (κ1) is 15.8. The lowest BCUT2D eigenvalue weighted by molar-refractivity contribution is -0.128. The SMILES string of the molecule is CCc1ccc(C2NC(=O)N(Cc3cccc(C#N)c3)C2=O)cc1. The Morgan fingerprint density at radius 3 is 2.54 bits per heavy atom.